The number of fused-ring (bicyclic) bond motifs is 2. The van der Waals surface area contributed by atoms with Crippen LogP contribution in [-0.4, -0.2) is 42.2 Å². The summed E-state index contributed by atoms with van der Waals surface area (Å²) < 4.78 is 18.8. The summed E-state index contributed by atoms with van der Waals surface area (Å²) in [6, 6.07) is 6.03. The van der Waals surface area contributed by atoms with Gasteiger partial charge in [0, 0.05) is 25.8 Å². The van der Waals surface area contributed by atoms with E-state index in [0.29, 0.717) is 0 Å². The Morgan fingerprint density at radius 1 is 1.19 bits per heavy atom. The normalized spacial score (nSPS) is 16.8. The number of rotatable bonds is 7. The second-order valence-electron chi connectivity index (χ2n) is 8.24. The molecule has 31 heavy (non-hydrogen) atoms. The van der Waals surface area contributed by atoms with E-state index < -0.39 is 0 Å². The van der Waals surface area contributed by atoms with Gasteiger partial charge >= 0.3 is 0 Å². The SMILES string of the molecule is CC[C@@H](c1c2c(nc3c(-c4ccc(OC)cc4C)c(C)nn13)C(N)CC2)C(OC)OC. The lowest BCUT2D eigenvalue weighted by atomic mass is 9.95. The Labute approximate surface area is 183 Å². The van der Waals surface area contributed by atoms with Crippen molar-refractivity contribution in [1.29, 1.82) is 0 Å². The van der Waals surface area contributed by atoms with Gasteiger partial charge in [-0.15, -0.1) is 0 Å². The van der Waals surface area contributed by atoms with Crippen molar-refractivity contribution in [1.82, 2.24) is 14.6 Å². The first-order valence-electron chi connectivity index (χ1n) is 10.8. The van der Waals surface area contributed by atoms with Crippen LogP contribution < -0.4 is 10.5 Å². The summed E-state index contributed by atoms with van der Waals surface area (Å²) >= 11 is 0. The second kappa shape index (κ2) is 8.57. The zero-order valence-corrected chi connectivity index (χ0v) is 19.2. The van der Waals surface area contributed by atoms with Crippen LogP contribution in [0.25, 0.3) is 16.8 Å². The van der Waals surface area contributed by atoms with Crippen molar-refractivity contribution in [3.63, 3.8) is 0 Å². The van der Waals surface area contributed by atoms with Crippen LogP contribution in [0.1, 0.15) is 59.9 Å². The highest BCUT2D eigenvalue weighted by Gasteiger charge is 2.34. The molecule has 2 atom stereocenters. The zero-order chi connectivity index (χ0) is 22.3. The molecule has 1 unspecified atom stereocenters. The maximum absolute atomic E-state index is 6.48. The van der Waals surface area contributed by atoms with E-state index in [4.69, 9.17) is 30.0 Å². The monoisotopic (exact) mass is 424 g/mol. The van der Waals surface area contributed by atoms with Crippen molar-refractivity contribution in [2.24, 2.45) is 5.73 Å². The smallest absolute Gasteiger partial charge is 0.165 e. The molecule has 7 nitrogen and oxygen atoms in total. The van der Waals surface area contributed by atoms with Crippen molar-refractivity contribution in [3.05, 3.63) is 46.4 Å². The molecule has 2 aromatic heterocycles. The van der Waals surface area contributed by atoms with Gasteiger partial charge in [0.1, 0.15) is 5.75 Å². The van der Waals surface area contributed by atoms with E-state index in [0.717, 1.165) is 64.4 Å². The fourth-order valence-electron chi connectivity index (χ4n) is 4.91. The van der Waals surface area contributed by atoms with E-state index in [2.05, 4.69) is 19.9 Å². The molecule has 0 amide bonds. The molecular weight excluding hydrogens is 392 g/mol. The number of hydrogen-bond acceptors (Lipinski definition) is 6. The molecule has 0 saturated carbocycles. The molecule has 166 valence electrons. The first-order valence-corrected chi connectivity index (χ1v) is 10.8. The van der Waals surface area contributed by atoms with Gasteiger partial charge in [-0.05, 0) is 61.9 Å². The number of nitrogens with zero attached hydrogens (tertiary/aromatic N) is 3. The van der Waals surface area contributed by atoms with Gasteiger partial charge in [-0.3, -0.25) is 0 Å². The van der Waals surface area contributed by atoms with Crippen LogP contribution in [-0.2, 0) is 15.9 Å². The van der Waals surface area contributed by atoms with Gasteiger partial charge in [0.2, 0.25) is 0 Å². The topological polar surface area (TPSA) is 83.9 Å². The third-order valence-electron chi connectivity index (χ3n) is 6.45. The summed E-state index contributed by atoms with van der Waals surface area (Å²) in [6.45, 7) is 6.27. The molecule has 2 heterocycles. The molecule has 0 spiro atoms. The Kier molecular flexibility index (Phi) is 6.01. The van der Waals surface area contributed by atoms with E-state index >= 15 is 0 Å². The van der Waals surface area contributed by atoms with Gasteiger partial charge in [-0.2, -0.15) is 5.10 Å². The number of methoxy groups -OCH3 is 3. The minimum absolute atomic E-state index is 0.0173. The maximum Gasteiger partial charge on any atom is 0.165 e. The standard InChI is InChI=1S/C24H32N4O3/c1-7-16(24(30-5)31-6)22-18-10-11-19(25)21(18)26-23-20(14(3)27-28(22)23)17-9-8-15(29-4)12-13(17)2/h8-9,12,16,19,24H,7,10-11,25H2,1-6H3/t16-,19?/m0/s1. The molecule has 3 aromatic rings. The number of aromatic nitrogens is 3. The largest absolute Gasteiger partial charge is 0.497 e. The van der Waals surface area contributed by atoms with Crippen LogP contribution in [0, 0.1) is 13.8 Å². The molecular formula is C24H32N4O3. The summed E-state index contributed by atoms with van der Waals surface area (Å²) in [6.07, 6.45) is 2.26. The quantitative estimate of drug-likeness (QED) is 0.576. The predicted molar refractivity (Wildman–Crippen MR) is 121 cm³/mol. The minimum atomic E-state index is -0.368. The molecule has 0 saturated heterocycles. The molecule has 1 aromatic carbocycles. The van der Waals surface area contributed by atoms with Crippen LogP contribution in [0.5, 0.6) is 5.75 Å². The lowest BCUT2D eigenvalue weighted by molar-refractivity contribution is -0.119. The average Bonchev–Trinajstić information content (AvgIpc) is 3.30. The lowest BCUT2D eigenvalue weighted by Crippen LogP contribution is -2.26. The van der Waals surface area contributed by atoms with Crippen molar-refractivity contribution < 1.29 is 14.2 Å². The van der Waals surface area contributed by atoms with E-state index in [-0.39, 0.29) is 18.2 Å². The minimum Gasteiger partial charge on any atom is -0.497 e. The third kappa shape index (κ3) is 3.50. The van der Waals surface area contributed by atoms with Crippen LogP contribution in [0.4, 0.5) is 0 Å². The Balaban J connectivity index is 2.03. The molecule has 1 aliphatic carbocycles. The second-order valence-corrected chi connectivity index (χ2v) is 8.24. The fourth-order valence-corrected chi connectivity index (χ4v) is 4.91. The van der Waals surface area contributed by atoms with Crippen molar-refractivity contribution in [3.8, 4) is 16.9 Å². The van der Waals surface area contributed by atoms with Gasteiger partial charge in [-0.25, -0.2) is 9.50 Å². The average molecular weight is 425 g/mol. The van der Waals surface area contributed by atoms with Crippen molar-refractivity contribution in [2.75, 3.05) is 21.3 Å². The molecule has 1 aliphatic rings. The summed E-state index contributed by atoms with van der Waals surface area (Å²) in [5, 5.41) is 4.97. The molecule has 0 radical (unpaired) electrons. The van der Waals surface area contributed by atoms with Crippen LogP contribution in [0.2, 0.25) is 0 Å². The molecule has 2 N–H and O–H groups in total. The zero-order valence-electron chi connectivity index (χ0n) is 19.2. The summed E-state index contributed by atoms with van der Waals surface area (Å²) in [5.74, 6) is 0.852. The maximum atomic E-state index is 6.48. The highest BCUT2D eigenvalue weighted by molar-refractivity contribution is 5.82. The van der Waals surface area contributed by atoms with Gasteiger partial charge in [0.15, 0.2) is 11.9 Å². The third-order valence-corrected chi connectivity index (χ3v) is 6.45. The fraction of sp³-hybridized carbons (Fsp3) is 0.500. The van der Waals surface area contributed by atoms with Crippen molar-refractivity contribution >= 4 is 5.65 Å². The Morgan fingerprint density at radius 2 is 1.94 bits per heavy atom. The highest BCUT2D eigenvalue weighted by atomic mass is 16.7. The van der Waals surface area contributed by atoms with E-state index in [1.165, 1.54) is 5.56 Å². The van der Waals surface area contributed by atoms with Crippen LogP contribution in [0.3, 0.4) is 0 Å². The lowest BCUT2D eigenvalue weighted by Gasteiger charge is -2.26. The summed E-state index contributed by atoms with van der Waals surface area (Å²) in [7, 11) is 5.05. The molecule has 4 rings (SSSR count). The predicted octanol–water partition coefficient (Wildman–Crippen LogP) is 4.08. The first kappa shape index (κ1) is 21.7. The van der Waals surface area contributed by atoms with Crippen LogP contribution >= 0.6 is 0 Å². The first-order chi connectivity index (χ1) is 14.9. The van der Waals surface area contributed by atoms with E-state index in [9.17, 15) is 0 Å². The number of benzene rings is 1. The number of nitrogens with two attached hydrogens (primary N) is 1. The van der Waals surface area contributed by atoms with Gasteiger partial charge in [-0.1, -0.05) is 13.0 Å². The van der Waals surface area contributed by atoms with E-state index in [1.54, 1.807) is 21.3 Å². The van der Waals surface area contributed by atoms with Gasteiger partial charge in [0.05, 0.1) is 30.1 Å². The van der Waals surface area contributed by atoms with E-state index in [1.807, 2.05) is 23.6 Å². The molecule has 0 bridgehead atoms. The Bertz CT molecular complexity index is 1100. The van der Waals surface area contributed by atoms with Crippen LogP contribution in [0.15, 0.2) is 18.2 Å². The molecule has 0 aliphatic heterocycles. The molecule has 7 heteroatoms. The van der Waals surface area contributed by atoms with Gasteiger partial charge < -0.3 is 19.9 Å². The highest BCUT2D eigenvalue weighted by Crippen LogP contribution is 2.40. The van der Waals surface area contributed by atoms with Crippen molar-refractivity contribution in [2.45, 2.75) is 58.3 Å². The Morgan fingerprint density at radius 3 is 2.55 bits per heavy atom. The van der Waals surface area contributed by atoms with Gasteiger partial charge in [0.25, 0.3) is 0 Å². The number of ether oxygens (including phenoxy) is 3. The number of aryl methyl sites for hydroxylation is 2. The Hall–Kier alpha value is -2.48. The molecule has 0 fully saturated rings. The summed E-state index contributed by atoms with van der Waals surface area (Å²) in [4.78, 5) is 5.07. The number of hydrogen-bond donors (Lipinski definition) is 1. The summed E-state index contributed by atoms with van der Waals surface area (Å²) in [5.41, 5.74) is 14.8.